The van der Waals surface area contributed by atoms with Crippen molar-refractivity contribution in [1.29, 1.82) is 0 Å². The average molecular weight is 451 g/mol. The smallest absolute Gasteiger partial charge is 0.436 e. The Morgan fingerprint density at radius 1 is 0.818 bits per heavy atom. The molecule has 2 aromatic rings. The zero-order valence-electron chi connectivity index (χ0n) is 19.1. The molecule has 0 heterocycles. The van der Waals surface area contributed by atoms with Crippen LogP contribution in [-0.4, -0.2) is 34.7 Å². The molecule has 0 aromatic heterocycles. The first-order chi connectivity index (χ1) is 15.8. The highest BCUT2D eigenvalue weighted by Gasteiger charge is 2.41. The van der Waals surface area contributed by atoms with Gasteiger partial charge in [0, 0.05) is 5.41 Å². The normalized spacial score (nSPS) is 10.6. The van der Waals surface area contributed by atoms with Crippen LogP contribution in [-0.2, 0) is 27.5 Å². The van der Waals surface area contributed by atoms with Crippen LogP contribution in [0.3, 0.4) is 0 Å². The first kappa shape index (κ1) is 25.4. The summed E-state index contributed by atoms with van der Waals surface area (Å²) >= 11 is 0. The quantitative estimate of drug-likeness (QED) is 0.373. The monoisotopic (exact) mass is 450 g/mol. The molecule has 0 radical (unpaired) electrons. The summed E-state index contributed by atoms with van der Waals surface area (Å²) in [6, 6.07) is 18.1. The Labute approximate surface area is 194 Å². The van der Waals surface area contributed by atoms with Crippen molar-refractivity contribution in [3.63, 3.8) is 0 Å². The Balaban J connectivity index is 2.28. The molecule has 0 saturated heterocycles. The van der Waals surface area contributed by atoms with Gasteiger partial charge in [0.25, 0.3) is 5.91 Å². The van der Waals surface area contributed by atoms with E-state index >= 15 is 0 Å². The number of carbonyl (C=O) groups is 3. The maximum absolute atomic E-state index is 13.4. The minimum atomic E-state index is -1.02. The fourth-order valence-corrected chi connectivity index (χ4v) is 2.96. The molecule has 0 unspecified atom stereocenters. The minimum absolute atomic E-state index is 0.0234. The van der Waals surface area contributed by atoms with Crippen LogP contribution < -0.4 is 0 Å². The van der Waals surface area contributed by atoms with E-state index in [1.54, 1.807) is 44.2 Å². The third-order valence-electron chi connectivity index (χ3n) is 4.76. The maximum atomic E-state index is 13.4. The molecule has 7 heteroatoms. The van der Waals surface area contributed by atoms with Crippen molar-refractivity contribution in [2.75, 3.05) is 6.54 Å². The standard InChI is InChI=1S/C26H30N2O5/c1-5-17-26(3,4)23(29)28(25(31)33-20-22-15-11-8-12-16-22)27(18-6-2)24(30)32-19-21-13-9-7-10-14-21/h5-16H,1-2,17-20H2,3-4H3. The molecule has 0 N–H and O–H groups in total. The Kier molecular flexibility index (Phi) is 9.42. The minimum Gasteiger partial charge on any atom is -0.443 e. The summed E-state index contributed by atoms with van der Waals surface area (Å²) in [4.78, 5) is 39.4. The Hall–Kier alpha value is -3.87. The average Bonchev–Trinajstić information content (AvgIpc) is 2.82. The second-order valence-electron chi connectivity index (χ2n) is 7.94. The zero-order valence-corrected chi connectivity index (χ0v) is 19.1. The largest absolute Gasteiger partial charge is 0.443 e. The Morgan fingerprint density at radius 3 is 1.76 bits per heavy atom. The van der Waals surface area contributed by atoms with E-state index in [-0.39, 0.29) is 26.2 Å². The highest BCUT2D eigenvalue weighted by molar-refractivity contribution is 5.96. The number of hydrazine groups is 1. The predicted octanol–water partition coefficient (Wildman–Crippen LogP) is 5.49. The molecule has 0 aliphatic rings. The molecule has 33 heavy (non-hydrogen) atoms. The van der Waals surface area contributed by atoms with Crippen molar-refractivity contribution >= 4 is 18.1 Å². The van der Waals surface area contributed by atoms with Gasteiger partial charge in [0.05, 0.1) is 6.54 Å². The number of carbonyl (C=O) groups excluding carboxylic acids is 3. The Morgan fingerprint density at radius 2 is 1.30 bits per heavy atom. The second-order valence-corrected chi connectivity index (χ2v) is 7.94. The van der Waals surface area contributed by atoms with E-state index in [2.05, 4.69) is 13.2 Å². The predicted molar refractivity (Wildman–Crippen MR) is 126 cm³/mol. The Bertz CT molecular complexity index is 957. The summed E-state index contributed by atoms with van der Waals surface area (Å²) in [5.74, 6) is -0.626. The molecule has 7 nitrogen and oxygen atoms in total. The lowest BCUT2D eigenvalue weighted by Crippen LogP contribution is -2.56. The summed E-state index contributed by atoms with van der Waals surface area (Å²) < 4.78 is 10.8. The van der Waals surface area contributed by atoms with Crippen molar-refractivity contribution < 1.29 is 23.9 Å². The van der Waals surface area contributed by atoms with Gasteiger partial charge in [-0.3, -0.25) is 4.79 Å². The molecule has 0 fully saturated rings. The molecule has 0 aliphatic carbocycles. The van der Waals surface area contributed by atoms with Crippen LogP contribution in [0, 0.1) is 5.41 Å². The summed E-state index contributed by atoms with van der Waals surface area (Å²) in [6.45, 7) is 10.4. The van der Waals surface area contributed by atoms with Gasteiger partial charge in [0.2, 0.25) is 0 Å². The van der Waals surface area contributed by atoms with Crippen LogP contribution in [0.1, 0.15) is 31.4 Å². The van der Waals surface area contributed by atoms with E-state index in [1.807, 2.05) is 36.4 Å². The SMILES string of the molecule is C=CCN(C(=O)OCc1ccccc1)N(C(=O)OCc1ccccc1)C(=O)C(C)(C)CC=C. The number of amides is 3. The van der Waals surface area contributed by atoms with Crippen LogP contribution in [0.4, 0.5) is 9.59 Å². The lowest BCUT2D eigenvalue weighted by atomic mass is 9.88. The lowest BCUT2D eigenvalue weighted by Gasteiger charge is -2.35. The summed E-state index contributed by atoms with van der Waals surface area (Å²) in [7, 11) is 0. The van der Waals surface area contributed by atoms with Gasteiger partial charge in [0.1, 0.15) is 13.2 Å². The van der Waals surface area contributed by atoms with Gasteiger partial charge in [-0.25, -0.2) is 14.6 Å². The van der Waals surface area contributed by atoms with E-state index in [1.165, 1.54) is 6.08 Å². The van der Waals surface area contributed by atoms with E-state index in [9.17, 15) is 14.4 Å². The summed E-state index contributed by atoms with van der Waals surface area (Å²) in [5.41, 5.74) is 0.485. The zero-order chi connectivity index (χ0) is 24.3. The maximum Gasteiger partial charge on any atom is 0.436 e. The molecule has 0 aliphatic heterocycles. The second kappa shape index (κ2) is 12.2. The van der Waals surface area contributed by atoms with Crippen LogP contribution in [0.2, 0.25) is 0 Å². The number of nitrogens with zero attached hydrogens (tertiary/aromatic N) is 2. The number of ether oxygens (including phenoxy) is 2. The first-order valence-corrected chi connectivity index (χ1v) is 10.6. The molecule has 0 bridgehead atoms. The third-order valence-corrected chi connectivity index (χ3v) is 4.76. The van der Waals surface area contributed by atoms with Gasteiger partial charge in [0.15, 0.2) is 0 Å². The van der Waals surface area contributed by atoms with Gasteiger partial charge in [-0.15, -0.1) is 18.2 Å². The number of rotatable bonds is 9. The van der Waals surface area contributed by atoms with Crippen molar-refractivity contribution in [1.82, 2.24) is 10.0 Å². The van der Waals surface area contributed by atoms with Gasteiger partial charge >= 0.3 is 12.2 Å². The van der Waals surface area contributed by atoms with Crippen LogP contribution in [0.25, 0.3) is 0 Å². The highest BCUT2D eigenvalue weighted by atomic mass is 16.6. The van der Waals surface area contributed by atoms with Gasteiger partial charge in [-0.1, -0.05) is 86.7 Å². The molecular formula is C26H30N2O5. The van der Waals surface area contributed by atoms with E-state index < -0.39 is 23.5 Å². The van der Waals surface area contributed by atoms with Crippen LogP contribution in [0.15, 0.2) is 86.0 Å². The number of imide groups is 1. The fraction of sp³-hybridized carbons (Fsp3) is 0.269. The fourth-order valence-electron chi connectivity index (χ4n) is 2.96. The number of benzene rings is 2. The molecule has 0 saturated carbocycles. The molecule has 174 valence electrons. The molecule has 2 aromatic carbocycles. The highest BCUT2D eigenvalue weighted by Crippen LogP contribution is 2.26. The van der Waals surface area contributed by atoms with Gasteiger partial charge < -0.3 is 9.47 Å². The molecule has 0 atom stereocenters. The molecule has 3 amide bonds. The van der Waals surface area contributed by atoms with Crippen LogP contribution in [0.5, 0.6) is 0 Å². The third kappa shape index (κ3) is 7.35. The van der Waals surface area contributed by atoms with Crippen LogP contribution >= 0.6 is 0 Å². The topological polar surface area (TPSA) is 76.2 Å². The number of hydrogen-bond acceptors (Lipinski definition) is 5. The summed E-state index contributed by atoms with van der Waals surface area (Å²) in [5, 5.41) is 1.60. The lowest BCUT2D eigenvalue weighted by molar-refractivity contribution is -0.151. The van der Waals surface area contributed by atoms with E-state index in [4.69, 9.17) is 9.47 Å². The van der Waals surface area contributed by atoms with Gasteiger partial charge in [-0.2, -0.15) is 0 Å². The number of hydrogen-bond donors (Lipinski definition) is 0. The van der Waals surface area contributed by atoms with Crippen molar-refractivity contribution in [3.05, 3.63) is 97.1 Å². The van der Waals surface area contributed by atoms with Crippen molar-refractivity contribution in [3.8, 4) is 0 Å². The summed E-state index contributed by atoms with van der Waals surface area (Å²) in [6.07, 6.45) is 1.40. The number of allylic oxidation sites excluding steroid dienone is 1. The van der Waals surface area contributed by atoms with E-state index in [0.29, 0.717) is 5.01 Å². The van der Waals surface area contributed by atoms with Crippen molar-refractivity contribution in [2.45, 2.75) is 33.5 Å². The first-order valence-electron chi connectivity index (χ1n) is 10.6. The van der Waals surface area contributed by atoms with Gasteiger partial charge in [-0.05, 0) is 17.5 Å². The van der Waals surface area contributed by atoms with E-state index in [0.717, 1.165) is 16.1 Å². The molecule has 2 rings (SSSR count). The molecule has 0 spiro atoms. The molecular weight excluding hydrogens is 420 g/mol. The van der Waals surface area contributed by atoms with Crippen molar-refractivity contribution in [2.24, 2.45) is 5.41 Å².